The van der Waals surface area contributed by atoms with Crippen LogP contribution in [-0.4, -0.2) is 38.7 Å². The molecule has 0 bridgehead atoms. The normalized spacial score (nSPS) is 16.0. The molecule has 3 heterocycles. The van der Waals surface area contributed by atoms with E-state index in [1.54, 1.807) is 10.9 Å². The predicted octanol–water partition coefficient (Wildman–Crippen LogP) is 2.22. The summed E-state index contributed by atoms with van der Waals surface area (Å²) >= 11 is 0. The lowest BCUT2D eigenvalue weighted by Crippen LogP contribution is -2.39. The lowest BCUT2D eigenvalue weighted by Gasteiger charge is -2.31. The van der Waals surface area contributed by atoms with E-state index in [9.17, 15) is 4.79 Å². The number of aryl methyl sites for hydroxylation is 2. The molecule has 1 fully saturated rings. The van der Waals surface area contributed by atoms with Gasteiger partial charge in [0.05, 0.1) is 0 Å². The van der Waals surface area contributed by atoms with Crippen LogP contribution in [0.4, 0.5) is 0 Å². The zero-order chi connectivity index (χ0) is 15.5. The fraction of sp³-hybridized carbons (Fsp3) is 0.471. The van der Waals surface area contributed by atoms with Crippen LogP contribution in [0.5, 0.6) is 0 Å². The lowest BCUT2D eigenvalue weighted by atomic mass is 9.90. The molecule has 116 valence electrons. The smallest absolute Gasteiger partial charge is 0.274 e. The second-order valence-corrected chi connectivity index (χ2v) is 6.10. The summed E-state index contributed by atoms with van der Waals surface area (Å²) in [5.74, 6) is 0.697. The summed E-state index contributed by atoms with van der Waals surface area (Å²) < 4.78 is 1.75. The van der Waals surface area contributed by atoms with Crippen molar-refractivity contribution >= 4 is 5.91 Å². The number of amides is 1. The third kappa shape index (κ3) is 3.18. The van der Waals surface area contributed by atoms with Crippen molar-refractivity contribution in [1.82, 2.24) is 19.7 Å². The fourth-order valence-electron chi connectivity index (χ4n) is 3.02. The molecule has 0 spiro atoms. The van der Waals surface area contributed by atoms with Crippen molar-refractivity contribution in [3.63, 3.8) is 0 Å². The zero-order valence-electron chi connectivity index (χ0n) is 13.2. The molecular formula is C17H22N4O. The number of pyridine rings is 1. The molecule has 3 rings (SSSR count). The van der Waals surface area contributed by atoms with Gasteiger partial charge in [0.1, 0.15) is 0 Å². The Morgan fingerprint density at radius 1 is 1.36 bits per heavy atom. The van der Waals surface area contributed by atoms with Crippen LogP contribution in [0.2, 0.25) is 0 Å². The quantitative estimate of drug-likeness (QED) is 0.873. The lowest BCUT2D eigenvalue weighted by molar-refractivity contribution is 0.0684. The Morgan fingerprint density at radius 2 is 2.14 bits per heavy atom. The van der Waals surface area contributed by atoms with Crippen molar-refractivity contribution in [3.8, 4) is 0 Å². The number of carbonyl (C=O) groups excluding carboxylic acids is 1. The molecule has 2 aromatic rings. The standard InChI is InChI=1S/C17H22N4O/c1-13-10-16(19-20(13)2)17(22)21-8-5-14(6-9-21)11-15-4-3-7-18-12-15/h3-4,7,10,12,14H,5-6,8-9,11H2,1-2H3. The van der Waals surface area contributed by atoms with Crippen molar-refractivity contribution < 1.29 is 4.79 Å². The molecule has 0 radical (unpaired) electrons. The highest BCUT2D eigenvalue weighted by molar-refractivity contribution is 5.92. The molecule has 0 N–H and O–H groups in total. The molecule has 2 aromatic heterocycles. The van der Waals surface area contributed by atoms with E-state index in [2.05, 4.69) is 16.1 Å². The summed E-state index contributed by atoms with van der Waals surface area (Å²) in [5.41, 5.74) is 2.85. The molecular weight excluding hydrogens is 276 g/mol. The SMILES string of the molecule is Cc1cc(C(=O)N2CCC(Cc3cccnc3)CC2)nn1C. The molecule has 0 aliphatic carbocycles. The van der Waals surface area contributed by atoms with Gasteiger partial charge in [0.15, 0.2) is 5.69 Å². The van der Waals surface area contributed by atoms with Crippen LogP contribution in [-0.2, 0) is 13.5 Å². The molecule has 1 saturated heterocycles. The number of hydrogen-bond donors (Lipinski definition) is 0. The molecule has 1 aliphatic rings. The van der Waals surface area contributed by atoms with E-state index in [0.717, 1.165) is 38.0 Å². The minimum Gasteiger partial charge on any atom is -0.337 e. The summed E-state index contributed by atoms with van der Waals surface area (Å²) in [6, 6.07) is 5.97. The topological polar surface area (TPSA) is 51.0 Å². The van der Waals surface area contributed by atoms with Gasteiger partial charge in [-0.2, -0.15) is 5.10 Å². The van der Waals surface area contributed by atoms with Crippen molar-refractivity contribution in [2.24, 2.45) is 13.0 Å². The second-order valence-electron chi connectivity index (χ2n) is 6.10. The first kappa shape index (κ1) is 14.8. The Morgan fingerprint density at radius 3 is 2.73 bits per heavy atom. The van der Waals surface area contributed by atoms with Crippen molar-refractivity contribution in [2.45, 2.75) is 26.2 Å². The van der Waals surface area contributed by atoms with E-state index >= 15 is 0 Å². The van der Waals surface area contributed by atoms with Crippen LogP contribution in [0.25, 0.3) is 0 Å². The molecule has 5 heteroatoms. The molecule has 0 aromatic carbocycles. The fourth-order valence-corrected chi connectivity index (χ4v) is 3.02. The first-order valence-corrected chi connectivity index (χ1v) is 7.82. The number of hydrogen-bond acceptors (Lipinski definition) is 3. The molecule has 5 nitrogen and oxygen atoms in total. The molecule has 1 amide bonds. The summed E-state index contributed by atoms with van der Waals surface area (Å²) in [7, 11) is 1.87. The number of rotatable bonds is 3. The van der Waals surface area contributed by atoms with Crippen LogP contribution in [0.1, 0.15) is 34.6 Å². The molecule has 0 unspecified atom stereocenters. The second kappa shape index (κ2) is 6.30. The van der Waals surface area contributed by atoms with E-state index in [1.165, 1.54) is 5.56 Å². The first-order valence-electron chi connectivity index (χ1n) is 7.82. The monoisotopic (exact) mass is 298 g/mol. The number of piperidine rings is 1. The summed E-state index contributed by atoms with van der Waals surface area (Å²) in [5, 5.41) is 4.29. The highest BCUT2D eigenvalue weighted by Gasteiger charge is 2.25. The van der Waals surface area contributed by atoms with E-state index in [-0.39, 0.29) is 5.91 Å². The molecule has 1 aliphatic heterocycles. The minimum atomic E-state index is 0.0588. The van der Waals surface area contributed by atoms with Gasteiger partial charge >= 0.3 is 0 Å². The maximum Gasteiger partial charge on any atom is 0.274 e. The average molecular weight is 298 g/mol. The van der Waals surface area contributed by atoms with Gasteiger partial charge in [0, 0.05) is 38.2 Å². The Labute approximate surface area is 131 Å². The van der Waals surface area contributed by atoms with Crippen LogP contribution in [0.15, 0.2) is 30.6 Å². The third-order valence-corrected chi connectivity index (χ3v) is 4.48. The number of likely N-dealkylation sites (tertiary alicyclic amines) is 1. The third-order valence-electron chi connectivity index (χ3n) is 4.48. The predicted molar refractivity (Wildman–Crippen MR) is 84.5 cm³/mol. The van der Waals surface area contributed by atoms with Gasteiger partial charge in [0.25, 0.3) is 5.91 Å². The van der Waals surface area contributed by atoms with Gasteiger partial charge in [-0.15, -0.1) is 0 Å². The van der Waals surface area contributed by atoms with Gasteiger partial charge < -0.3 is 4.90 Å². The van der Waals surface area contributed by atoms with Gasteiger partial charge in [-0.3, -0.25) is 14.5 Å². The first-order chi connectivity index (χ1) is 10.6. The Hall–Kier alpha value is -2.17. The largest absolute Gasteiger partial charge is 0.337 e. The Kier molecular flexibility index (Phi) is 4.22. The molecule has 0 atom stereocenters. The highest BCUT2D eigenvalue weighted by Crippen LogP contribution is 2.22. The van der Waals surface area contributed by atoms with E-state index in [1.807, 2.05) is 37.2 Å². The summed E-state index contributed by atoms with van der Waals surface area (Å²) in [4.78, 5) is 18.6. The minimum absolute atomic E-state index is 0.0588. The van der Waals surface area contributed by atoms with E-state index in [0.29, 0.717) is 11.6 Å². The zero-order valence-corrected chi connectivity index (χ0v) is 13.2. The van der Waals surface area contributed by atoms with Crippen molar-refractivity contribution in [1.29, 1.82) is 0 Å². The van der Waals surface area contributed by atoms with E-state index < -0.39 is 0 Å². The van der Waals surface area contributed by atoms with Crippen LogP contribution < -0.4 is 0 Å². The Balaban J connectivity index is 1.56. The van der Waals surface area contributed by atoms with Crippen LogP contribution in [0, 0.1) is 12.8 Å². The number of aromatic nitrogens is 3. The molecule has 0 saturated carbocycles. The van der Waals surface area contributed by atoms with Gasteiger partial charge in [0.2, 0.25) is 0 Å². The maximum atomic E-state index is 12.5. The van der Waals surface area contributed by atoms with Gasteiger partial charge in [-0.1, -0.05) is 6.07 Å². The van der Waals surface area contributed by atoms with Crippen molar-refractivity contribution in [3.05, 3.63) is 47.5 Å². The van der Waals surface area contributed by atoms with Crippen molar-refractivity contribution in [2.75, 3.05) is 13.1 Å². The van der Waals surface area contributed by atoms with Crippen LogP contribution >= 0.6 is 0 Å². The van der Waals surface area contributed by atoms with Gasteiger partial charge in [-0.25, -0.2) is 0 Å². The highest BCUT2D eigenvalue weighted by atomic mass is 16.2. The summed E-state index contributed by atoms with van der Waals surface area (Å²) in [6.45, 7) is 3.60. The average Bonchev–Trinajstić information content (AvgIpc) is 2.88. The Bertz CT molecular complexity index is 622. The van der Waals surface area contributed by atoms with Crippen LogP contribution in [0.3, 0.4) is 0 Å². The summed E-state index contributed by atoms with van der Waals surface area (Å²) in [6.07, 6.45) is 6.89. The molecule has 22 heavy (non-hydrogen) atoms. The maximum absolute atomic E-state index is 12.5. The number of nitrogens with zero attached hydrogens (tertiary/aromatic N) is 4. The number of carbonyl (C=O) groups is 1. The van der Waals surface area contributed by atoms with Gasteiger partial charge in [-0.05, 0) is 49.8 Å². The van der Waals surface area contributed by atoms with E-state index in [4.69, 9.17) is 0 Å².